The van der Waals surface area contributed by atoms with Gasteiger partial charge in [0.1, 0.15) is 18.8 Å². The maximum Gasteiger partial charge on any atom is 0.335 e. The van der Waals surface area contributed by atoms with E-state index in [1.165, 1.54) is 6.08 Å². The predicted molar refractivity (Wildman–Crippen MR) is 169 cm³/mol. The van der Waals surface area contributed by atoms with Gasteiger partial charge < -0.3 is 18.9 Å². The molecular formula is C34H29BrN2O7. The lowest BCUT2D eigenvalue weighted by Crippen LogP contribution is -2.54. The summed E-state index contributed by atoms with van der Waals surface area (Å²) in [5, 5.41) is 2.23. The molecule has 0 bridgehead atoms. The van der Waals surface area contributed by atoms with E-state index >= 15 is 0 Å². The van der Waals surface area contributed by atoms with E-state index in [0.717, 1.165) is 20.5 Å². The van der Waals surface area contributed by atoms with Crippen molar-refractivity contribution in [2.45, 2.75) is 20.1 Å². The number of methoxy groups -OCH3 is 1. The minimum absolute atomic E-state index is 0.190. The summed E-state index contributed by atoms with van der Waals surface area (Å²) < 4.78 is 24.2. The molecule has 0 unspecified atom stereocenters. The molecule has 1 saturated heterocycles. The van der Waals surface area contributed by atoms with Gasteiger partial charge in [-0.15, -0.1) is 0 Å². The highest BCUT2D eigenvalue weighted by Crippen LogP contribution is 2.33. The third-order valence-corrected chi connectivity index (χ3v) is 7.15. The molecule has 1 aliphatic heterocycles. The highest BCUT2D eigenvalue weighted by Gasteiger charge is 2.36. The minimum Gasteiger partial charge on any atom is -0.493 e. The zero-order chi connectivity index (χ0) is 31.1. The van der Waals surface area contributed by atoms with Crippen molar-refractivity contribution >= 4 is 45.5 Å². The first kappa shape index (κ1) is 30.4. The number of carbonyl (C=O) groups excluding carboxylic acids is 3. The highest BCUT2D eigenvalue weighted by molar-refractivity contribution is 9.10. The molecule has 1 aliphatic rings. The molecule has 4 amide bonds. The van der Waals surface area contributed by atoms with E-state index in [2.05, 4.69) is 21.2 Å². The van der Waals surface area contributed by atoms with Crippen LogP contribution in [0, 0.1) is 0 Å². The molecule has 1 fully saturated rings. The first-order chi connectivity index (χ1) is 21.4. The molecular weight excluding hydrogens is 628 g/mol. The van der Waals surface area contributed by atoms with Gasteiger partial charge in [-0.25, -0.2) is 9.69 Å². The van der Waals surface area contributed by atoms with Crippen LogP contribution < -0.4 is 29.2 Å². The summed E-state index contributed by atoms with van der Waals surface area (Å²) in [6.07, 6.45) is 1.42. The number of hydrogen-bond acceptors (Lipinski definition) is 7. The van der Waals surface area contributed by atoms with Crippen molar-refractivity contribution in [2.24, 2.45) is 0 Å². The number of anilines is 1. The second-order valence-electron chi connectivity index (χ2n) is 9.62. The fraction of sp³-hybridized carbons (Fsp3) is 0.147. The van der Waals surface area contributed by atoms with Gasteiger partial charge in [0.25, 0.3) is 11.8 Å². The van der Waals surface area contributed by atoms with Gasteiger partial charge in [-0.1, -0.05) is 58.4 Å². The molecule has 0 radical (unpaired) electrons. The standard InChI is InChI=1S/C34H29BrN2O7/c1-3-42-31-18-23(17-27-32(38)36-34(40)37(33(27)39)26-13-11-25(35)12-14-26)9-15-29(31)44-21-24-10-16-28(30(19-24)41-2)43-20-22-7-5-4-6-8-22/h4-19H,3,20-21H2,1-2H3,(H,36,38,40)/b27-17+. The van der Waals surface area contributed by atoms with Crippen molar-refractivity contribution in [2.75, 3.05) is 18.6 Å². The summed E-state index contributed by atoms with van der Waals surface area (Å²) in [5.41, 5.74) is 2.56. The molecule has 0 aromatic heterocycles. The van der Waals surface area contributed by atoms with Gasteiger partial charge >= 0.3 is 6.03 Å². The first-order valence-corrected chi connectivity index (χ1v) is 14.6. The van der Waals surface area contributed by atoms with Crippen LogP contribution in [0.1, 0.15) is 23.6 Å². The number of rotatable bonds is 11. The molecule has 0 aliphatic carbocycles. The van der Waals surface area contributed by atoms with Crippen molar-refractivity contribution in [1.29, 1.82) is 0 Å². The lowest BCUT2D eigenvalue weighted by atomic mass is 10.1. The molecule has 1 N–H and O–H groups in total. The van der Waals surface area contributed by atoms with E-state index in [1.54, 1.807) is 49.6 Å². The topological polar surface area (TPSA) is 103 Å². The van der Waals surface area contributed by atoms with Gasteiger partial charge in [0.15, 0.2) is 23.0 Å². The van der Waals surface area contributed by atoms with Gasteiger partial charge in [-0.3, -0.25) is 14.9 Å². The van der Waals surface area contributed by atoms with Crippen LogP contribution in [0.4, 0.5) is 10.5 Å². The average Bonchev–Trinajstić information content (AvgIpc) is 3.03. The van der Waals surface area contributed by atoms with E-state index in [0.29, 0.717) is 47.5 Å². The second kappa shape index (κ2) is 13.9. The first-order valence-electron chi connectivity index (χ1n) is 13.8. The zero-order valence-corrected chi connectivity index (χ0v) is 25.6. The molecule has 10 heteroatoms. The Bertz CT molecular complexity index is 1700. The molecule has 4 aromatic carbocycles. The van der Waals surface area contributed by atoms with Crippen LogP contribution in [0.3, 0.4) is 0 Å². The van der Waals surface area contributed by atoms with E-state index < -0.39 is 17.8 Å². The Morgan fingerprint density at radius 3 is 2.14 bits per heavy atom. The van der Waals surface area contributed by atoms with Crippen LogP contribution in [0.5, 0.6) is 23.0 Å². The molecule has 44 heavy (non-hydrogen) atoms. The van der Waals surface area contributed by atoms with Crippen molar-refractivity contribution in [3.63, 3.8) is 0 Å². The lowest BCUT2D eigenvalue weighted by Gasteiger charge is -2.26. The summed E-state index contributed by atoms with van der Waals surface area (Å²) in [7, 11) is 1.58. The van der Waals surface area contributed by atoms with Crippen molar-refractivity contribution < 1.29 is 33.3 Å². The maximum absolute atomic E-state index is 13.3. The summed E-state index contributed by atoms with van der Waals surface area (Å²) in [6, 6.07) is 26.3. The average molecular weight is 658 g/mol. The third-order valence-electron chi connectivity index (χ3n) is 6.62. The number of nitrogens with one attached hydrogen (secondary N) is 1. The Hall–Kier alpha value is -5.09. The normalized spacial score (nSPS) is 13.9. The Morgan fingerprint density at radius 2 is 1.43 bits per heavy atom. The second-order valence-corrected chi connectivity index (χ2v) is 10.5. The number of urea groups is 1. The SMILES string of the molecule is CCOc1cc(/C=C2\C(=O)NC(=O)N(c3ccc(Br)cc3)C2=O)ccc1OCc1ccc(OCc2ccccc2)c(OC)c1. The predicted octanol–water partition coefficient (Wildman–Crippen LogP) is 6.68. The smallest absolute Gasteiger partial charge is 0.335 e. The molecule has 1 heterocycles. The number of ether oxygens (including phenoxy) is 4. The van der Waals surface area contributed by atoms with Gasteiger partial charge in [-0.05, 0) is 78.2 Å². The third kappa shape index (κ3) is 7.09. The summed E-state index contributed by atoms with van der Waals surface area (Å²) in [6.45, 7) is 2.84. The number of amides is 4. The number of barbiturate groups is 1. The van der Waals surface area contributed by atoms with E-state index in [-0.39, 0.29) is 12.2 Å². The molecule has 9 nitrogen and oxygen atoms in total. The van der Waals surface area contributed by atoms with E-state index in [1.807, 2.05) is 55.5 Å². The van der Waals surface area contributed by atoms with Gasteiger partial charge in [-0.2, -0.15) is 0 Å². The van der Waals surface area contributed by atoms with Crippen molar-refractivity contribution in [3.05, 3.63) is 118 Å². The summed E-state index contributed by atoms with van der Waals surface area (Å²) in [5.74, 6) is 0.597. The number of imide groups is 2. The summed E-state index contributed by atoms with van der Waals surface area (Å²) >= 11 is 3.33. The number of benzene rings is 4. The van der Waals surface area contributed by atoms with Crippen LogP contribution in [0.2, 0.25) is 0 Å². The molecule has 5 rings (SSSR count). The number of hydrogen-bond donors (Lipinski definition) is 1. The lowest BCUT2D eigenvalue weighted by molar-refractivity contribution is -0.122. The fourth-order valence-electron chi connectivity index (χ4n) is 4.47. The van der Waals surface area contributed by atoms with Crippen molar-refractivity contribution in [3.8, 4) is 23.0 Å². The largest absolute Gasteiger partial charge is 0.493 e. The number of halogens is 1. The Morgan fingerprint density at radius 1 is 0.750 bits per heavy atom. The summed E-state index contributed by atoms with van der Waals surface area (Å²) in [4.78, 5) is 39.3. The van der Waals surface area contributed by atoms with Crippen LogP contribution in [0.15, 0.2) is 101 Å². The zero-order valence-electron chi connectivity index (χ0n) is 24.0. The van der Waals surface area contributed by atoms with Gasteiger partial charge in [0, 0.05) is 4.47 Å². The Labute approximate surface area is 263 Å². The Balaban J connectivity index is 1.32. The molecule has 4 aromatic rings. The van der Waals surface area contributed by atoms with E-state index in [4.69, 9.17) is 18.9 Å². The van der Waals surface area contributed by atoms with Crippen LogP contribution in [-0.2, 0) is 22.8 Å². The van der Waals surface area contributed by atoms with Crippen LogP contribution in [-0.4, -0.2) is 31.6 Å². The van der Waals surface area contributed by atoms with Crippen LogP contribution in [0.25, 0.3) is 6.08 Å². The Kier molecular flexibility index (Phi) is 9.61. The maximum atomic E-state index is 13.3. The quantitative estimate of drug-likeness (QED) is 0.142. The van der Waals surface area contributed by atoms with Gasteiger partial charge in [0.2, 0.25) is 0 Å². The minimum atomic E-state index is -0.814. The molecule has 0 spiro atoms. The number of carbonyl (C=O) groups is 3. The van der Waals surface area contributed by atoms with Gasteiger partial charge in [0.05, 0.1) is 19.4 Å². The molecule has 224 valence electrons. The highest BCUT2D eigenvalue weighted by atomic mass is 79.9. The van der Waals surface area contributed by atoms with Crippen molar-refractivity contribution in [1.82, 2.24) is 5.32 Å². The fourth-order valence-corrected chi connectivity index (χ4v) is 4.73. The molecule has 0 atom stereocenters. The van der Waals surface area contributed by atoms with E-state index in [9.17, 15) is 14.4 Å². The van der Waals surface area contributed by atoms with Crippen LogP contribution >= 0.6 is 15.9 Å². The molecule has 0 saturated carbocycles. The number of nitrogens with zero attached hydrogens (tertiary/aromatic N) is 1. The monoisotopic (exact) mass is 656 g/mol.